The summed E-state index contributed by atoms with van der Waals surface area (Å²) in [7, 11) is 0. The van der Waals surface area contributed by atoms with Crippen molar-refractivity contribution < 1.29 is 48.2 Å². The predicted molar refractivity (Wildman–Crippen MR) is 24.8 cm³/mol. The van der Waals surface area contributed by atoms with Crippen LogP contribution in [0, 0.1) is 5.92 Å². The Morgan fingerprint density at radius 2 is 1.80 bits per heavy atom. The van der Waals surface area contributed by atoms with Crippen molar-refractivity contribution in [3.8, 4) is 0 Å². The molecule has 0 N–H and O–H groups in total. The molecule has 2 nitrogen and oxygen atoms in total. The average Bonchev–Trinajstić information content (AvgIpc) is 1.65. The Balaban J connectivity index is 0. The van der Waals surface area contributed by atoms with E-state index in [1.165, 1.54) is 0 Å². The van der Waals surface area contributed by atoms with Crippen LogP contribution in [0.5, 0.6) is 0 Å². The van der Waals surface area contributed by atoms with Gasteiger partial charge in [0.15, 0.2) is 0 Å². The van der Waals surface area contributed by atoms with Gasteiger partial charge >= 0.3 is 29.6 Å². The quantitative estimate of drug-likeness (QED) is 0.405. The Morgan fingerprint density at radius 1 is 1.50 bits per heavy atom. The molecule has 0 saturated carbocycles. The molecule has 0 aromatic rings. The van der Waals surface area contributed by atoms with Gasteiger partial charge in [-0.05, 0) is 0 Å². The number of rotatable bonds is 2. The molecule has 0 aromatic heterocycles. The number of halogens is 2. The Labute approximate surface area is 79.9 Å². The van der Waals surface area contributed by atoms with E-state index >= 15 is 0 Å². The van der Waals surface area contributed by atoms with Crippen LogP contribution in [-0.4, -0.2) is 11.9 Å². The fourth-order valence-corrected chi connectivity index (χ4v) is 0.236. The molecule has 0 saturated heterocycles. The van der Waals surface area contributed by atoms with Crippen LogP contribution in [0.4, 0.5) is 8.78 Å². The first-order valence-corrected chi connectivity index (χ1v) is 2.48. The second-order valence-electron chi connectivity index (χ2n) is 2.07. The molecule has 0 aliphatic carbocycles. The topological polar surface area (TPSA) is 40.1 Å². The van der Waals surface area contributed by atoms with Gasteiger partial charge in [-0.25, -0.2) is 0 Å². The maximum atomic E-state index is 12.0. The smallest absolute Gasteiger partial charge is 0.544 e. The zero-order chi connectivity index (χ0) is 7.65. The molecule has 54 valence electrons. The molecule has 5 heteroatoms. The minimum absolute atomic E-state index is 0. The van der Waals surface area contributed by atoms with E-state index in [4.69, 9.17) is 0 Å². The number of hydrogen-bond donors (Lipinski definition) is 0. The molecule has 10 heavy (non-hydrogen) atoms. The van der Waals surface area contributed by atoms with Gasteiger partial charge in [-0.15, -0.1) is 0 Å². The summed E-state index contributed by atoms with van der Waals surface area (Å²) in [6, 6.07) is 0. The fraction of sp³-hybridized carbons (Fsp3) is 0.800. The van der Waals surface area contributed by atoms with E-state index in [-0.39, 0.29) is 29.6 Å². The van der Waals surface area contributed by atoms with Crippen LogP contribution in [0.1, 0.15) is 13.8 Å². The summed E-state index contributed by atoms with van der Waals surface area (Å²) < 4.78 is 24.0. The van der Waals surface area contributed by atoms with Crippen molar-refractivity contribution in [3.05, 3.63) is 0 Å². The van der Waals surface area contributed by atoms with Crippen LogP contribution < -0.4 is 34.7 Å². The molecule has 0 bridgehead atoms. The van der Waals surface area contributed by atoms with E-state index in [1.54, 1.807) is 0 Å². The molecular weight excluding hydrogens is 153 g/mol. The maximum absolute atomic E-state index is 12.0. The third-order valence-corrected chi connectivity index (χ3v) is 0.997. The molecule has 0 unspecified atom stereocenters. The van der Waals surface area contributed by atoms with Gasteiger partial charge in [-0.1, -0.05) is 13.8 Å². The molecule has 0 rings (SSSR count). The van der Waals surface area contributed by atoms with E-state index in [0.29, 0.717) is 0 Å². The Morgan fingerprint density at radius 3 is 1.80 bits per heavy atom. The van der Waals surface area contributed by atoms with Gasteiger partial charge in [-0.2, -0.15) is 8.78 Å². The zero-order valence-electron chi connectivity index (χ0n) is 6.15. The Kier molecular flexibility index (Phi) is 5.52. The number of carbonyl (C=O) groups excluding carboxylic acids is 1. The van der Waals surface area contributed by atoms with Gasteiger partial charge < -0.3 is 9.90 Å². The molecule has 0 aliphatic rings. The molecule has 0 spiro atoms. The summed E-state index contributed by atoms with van der Waals surface area (Å²) in [5, 5.41) is 9.60. The van der Waals surface area contributed by atoms with E-state index in [1.807, 2.05) is 0 Å². The summed E-state index contributed by atoms with van der Waals surface area (Å²) >= 11 is 0. The zero-order valence-corrected chi connectivity index (χ0v) is 8.15. The summed E-state index contributed by atoms with van der Waals surface area (Å²) in [6.07, 6.45) is 0. The van der Waals surface area contributed by atoms with Crippen molar-refractivity contribution in [2.24, 2.45) is 5.92 Å². The molecule has 0 fully saturated rings. The fourth-order valence-electron chi connectivity index (χ4n) is 0.236. The van der Waals surface area contributed by atoms with E-state index < -0.39 is 17.8 Å². The van der Waals surface area contributed by atoms with Gasteiger partial charge in [0, 0.05) is 5.92 Å². The molecule has 0 radical (unpaired) electrons. The standard InChI is InChI=1S/C5H8F2O2.Na/c1-3(2)5(6,7)4(8)9;/h3H,1-2H3,(H,8,9);/q;+1/p-1. The van der Waals surface area contributed by atoms with Crippen LogP contribution >= 0.6 is 0 Å². The van der Waals surface area contributed by atoms with Crippen LogP contribution in [0.15, 0.2) is 0 Å². The first kappa shape index (κ1) is 13.0. The summed E-state index contributed by atoms with van der Waals surface area (Å²) in [6.45, 7) is 2.24. The van der Waals surface area contributed by atoms with E-state index in [2.05, 4.69) is 0 Å². The summed E-state index contributed by atoms with van der Waals surface area (Å²) in [5.74, 6) is -7.21. The largest absolute Gasteiger partial charge is 1.00 e. The molecule has 0 amide bonds. The van der Waals surface area contributed by atoms with Crippen LogP contribution in [0.2, 0.25) is 0 Å². The van der Waals surface area contributed by atoms with Gasteiger partial charge in [0.2, 0.25) is 0 Å². The molecule has 0 atom stereocenters. The minimum atomic E-state index is -3.69. The second kappa shape index (κ2) is 4.26. The van der Waals surface area contributed by atoms with Crippen molar-refractivity contribution in [2.45, 2.75) is 19.8 Å². The first-order valence-electron chi connectivity index (χ1n) is 2.48. The van der Waals surface area contributed by atoms with Crippen LogP contribution in [0.3, 0.4) is 0 Å². The molecular formula is C5H7F2NaO2. The number of aliphatic carboxylic acids is 1. The number of alkyl halides is 2. The predicted octanol–water partition coefficient (Wildman–Crippen LogP) is -2.97. The van der Waals surface area contributed by atoms with Gasteiger partial charge in [0.25, 0.3) is 5.92 Å². The number of carbonyl (C=O) groups is 1. The van der Waals surface area contributed by atoms with Crippen molar-refractivity contribution in [3.63, 3.8) is 0 Å². The van der Waals surface area contributed by atoms with Gasteiger partial charge in [0.05, 0.1) is 0 Å². The maximum Gasteiger partial charge on any atom is 1.00 e. The minimum Gasteiger partial charge on any atom is -0.544 e. The van der Waals surface area contributed by atoms with E-state index in [9.17, 15) is 18.7 Å². The molecule has 0 heterocycles. The molecule has 0 aliphatic heterocycles. The first-order chi connectivity index (χ1) is 3.89. The van der Waals surface area contributed by atoms with Crippen LogP contribution in [-0.2, 0) is 4.79 Å². The summed E-state index contributed by atoms with van der Waals surface area (Å²) in [5.41, 5.74) is 0. The average molecular weight is 160 g/mol. The number of carboxylic acids is 1. The normalized spacial score (nSPS) is 10.9. The van der Waals surface area contributed by atoms with Crippen molar-refractivity contribution >= 4 is 5.97 Å². The van der Waals surface area contributed by atoms with Crippen LogP contribution in [0.25, 0.3) is 0 Å². The van der Waals surface area contributed by atoms with Crippen molar-refractivity contribution in [1.29, 1.82) is 0 Å². The Bertz CT molecular complexity index is 125. The number of hydrogen-bond acceptors (Lipinski definition) is 2. The monoisotopic (exact) mass is 160 g/mol. The summed E-state index contributed by atoms with van der Waals surface area (Å²) in [4.78, 5) is 9.60. The second-order valence-corrected chi connectivity index (χ2v) is 2.07. The Hall–Kier alpha value is 0.330. The SMILES string of the molecule is CC(C)C(F)(F)C(=O)[O-].[Na+]. The van der Waals surface area contributed by atoms with Gasteiger partial charge in [0.1, 0.15) is 5.97 Å². The van der Waals surface area contributed by atoms with Crippen molar-refractivity contribution in [2.75, 3.05) is 0 Å². The molecule has 0 aromatic carbocycles. The number of carboxylic acid groups (broad SMARTS) is 1. The third-order valence-electron chi connectivity index (χ3n) is 0.997. The van der Waals surface area contributed by atoms with Gasteiger partial charge in [-0.3, -0.25) is 0 Å². The third kappa shape index (κ3) is 2.94. The van der Waals surface area contributed by atoms with Crippen molar-refractivity contribution in [1.82, 2.24) is 0 Å². The van der Waals surface area contributed by atoms with E-state index in [0.717, 1.165) is 13.8 Å².